The summed E-state index contributed by atoms with van der Waals surface area (Å²) in [5, 5.41) is 2.54. The van der Waals surface area contributed by atoms with Crippen molar-refractivity contribution in [1.82, 2.24) is 4.98 Å². The molecule has 0 radical (unpaired) electrons. The van der Waals surface area contributed by atoms with Gasteiger partial charge in [-0.25, -0.2) is 4.98 Å². The number of carbonyl (C=O) groups is 2. The number of nitrogens with one attached hydrogen (secondary N) is 1. The molecule has 0 spiro atoms. The Morgan fingerprint density at radius 2 is 2.14 bits per heavy atom. The Morgan fingerprint density at radius 3 is 2.71 bits per heavy atom. The van der Waals surface area contributed by atoms with Gasteiger partial charge in [0.25, 0.3) is 0 Å². The van der Waals surface area contributed by atoms with Gasteiger partial charge in [0.1, 0.15) is 11.6 Å². The highest BCUT2D eigenvalue weighted by Gasteiger charge is 2.05. The van der Waals surface area contributed by atoms with Crippen LogP contribution in [-0.4, -0.2) is 16.7 Å². The second kappa shape index (κ2) is 4.50. The Bertz CT molecular complexity index is 361. The van der Waals surface area contributed by atoms with Gasteiger partial charge >= 0.3 is 0 Å². The van der Waals surface area contributed by atoms with Crippen LogP contribution >= 0.6 is 0 Å². The maximum Gasteiger partial charge on any atom is 0.232 e. The topological polar surface area (TPSA) is 59.1 Å². The van der Waals surface area contributed by atoms with Crippen LogP contribution < -0.4 is 5.32 Å². The van der Waals surface area contributed by atoms with Crippen LogP contribution in [0, 0.1) is 6.92 Å². The zero-order valence-electron chi connectivity index (χ0n) is 8.20. The summed E-state index contributed by atoms with van der Waals surface area (Å²) in [5.74, 6) is 0.00185. The molecule has 0 aliphatic rings. The van der Waals surface area contributed by atoms with Gasteiger partial charge < -0.3 is 5.32 Å². The Kier molecular flexibility index (Phi) is 3.34. The largest absolute Gasteiger partial charge is 0.310 e. The molecule has 1 heterocycles. The molecule has 0 fully saturated rings. The number of anilines is 1. The van der Waals surface area contributed by atoms with Crippen LogP contribution in [-0.2, 0) is 9.59 Å². The molecular formula is C10H12N2O2. The van der Waals surface area contributed by atoms with Gasteiger partial charge in [0.05, 0.1) is 6.42 Å². The first-order valence-electron chi connectivity index (χ1n) is 4.31. The first-order chi connectivity index (χ1) is 6.58. The Balaban J connectivity index is 2.60. The van der Waals surface area contributed by atoms with Crippen molar-refractivity contribution in [2.45, 2.75) is 20.3 Å². The fourth-order valence-corrected chi connectivity index (χ4v) is 1.03. The minimum absolute atomic E-state index is 0.102. The third kappa shape index (κ3) is 3.35. The van der Waals surface area contributed by atoms with Crippen molar-refractivity contribution >= 4 is 17.5 Å². The van der Waals surface area contributed by atoms with Crippen LogP contribution in [0.2, 0.25) is 0 Å². The lowest BCUT2D eigenvalue weighted by Crippen LogP contribution is -2.15. The van der Waals surface area contributed by atoms with E-state index in [1.165, 1.54) is 6.92 Å². The van der Waals surface area contributed by atoms with E-state index in [-0.39, 0.29) is 18.1 Å². The molecule has 0 atom stereocenters. The van der Waals surface area contributed by atoms with E-state index in [0.29, 0.717) is 5.82 Å². The minimum atomic E-state index is -0.324. The Hall–Kier alpha value is -1.71. The standard InChI is InChI=1S/C10H12N2O2/c1-7-4-3-5-9(11-7)12-10(14)6-8(2)13/h3-5H,6H2,1-2H3,(H,11,12,14). The quantitative estimate of drug-likeness (QED) is 0.734. The van der Waals surface area contributed by atoms with E-state index < -0.39 is 0 Å². The van der Waals surface area contributed by atoms with Crippen molar-refractivity contribution in [1.29, 1.82) is 0 Å². The number of carbonyl (C=O) groups excluding carboxylic acids is 2. The Labute approximate surface area is 82.3 Å². The van der Waals surface area contributed by atoms with Crippen LogP contribution in [0.25, 0.3) is 0 Å². The molecule has 1 amide bonds. The fourth-order valence-electron chi connectivity index (χ4n) is 1.03. The van der Waals surface area contributed by atoms with Crippen molar-refractivity contribution < 1.29 is 9.59 Å². The normalized spacial score (nSPS) is 9.57. The highest BCUT2D eigenvalue weighted by Crippen LogP contribution is 2.04. The van der Waals surface area contributed by atoms with Gasteiger partial charge in [-0.3, -0.25) is 9.59 Å². The maximum absolute atomic E-state index is 11.2. The molecular weight excluding hydrogens is 180 g/mol. The van der Waals surface area contributed by atoms with Crippen LogP contribution in [0.4, 0.5) is 5.82 Å². The summed E-state index contributed by atoms with van der Waals surface area (Å²) in [6, 6.07) is 5.32. The van der Waals surface area contributed by atoms with Gasteiger partial charge in [-0.15, -0.1) is 0 Å². The van der Waals surface area contributed by atoms with Gasteiger partial charge in [0, 0.05) is 5.69 Å². The van der Waals surface area contributed by atoms with Crippen LogP contribution in [0.5, 0.6) is 0 Å². The highest BCUT2D eigenvalue weighted by molar-refractivity contribution is 6.03. The SMILES string of the molecule is CC(=O)CC(=O)Nc1cccc(C)n1. The van der Waals surface area contributed by atoms with Crippen molar-refractivity contribution in [2.24, 2.45) is 0 Å². The van der Waals surface area contributed by atoms with Crippen LogP contribution in [0.1, 0.15) is 19.0 Å². The zero-order chi connectivity index (χ0) is 10.6. The predicted molar refractivity (Wildman–Crippen MR) is 52.9 cm³/mol. The molecule has 0 saturated heterocycles. The number of rotatable bonds is 3. The van der Waals surface area contributed by atoms with Crippen molar-refractivity contribution in [3.05, 3.63) is 23.9 Å². The highest BCUT2D eigenvalue weighted by atomic mass is 16.2. The number of hydrogen-bond donors (Lipinski definition) is 1. The molecule has 0 bridgehead atoms. The van der Waals surface area contributed by atoms with Gasteiger partial charge in [-0.1, -0.05) is 6.07 Å². The summed E-state index contributed by atoms with van der Waals surface area (Å²) < 4.78 is 0. The summed E-state index contributed by atoms with van der Waals surface area (Å²) in [5.41, 5.74) is 0.825. The van der Waals surface area contributed by atoms with E-state index in [9.17, 15) is 9.59 Å². The average molecular weight is 192 g/mol. The molecule has 1 N–H and O–H groups in total. The molecule has 74 valence electrons. The van der Waals surface area contributed by atoms with Crippen molar-refractivity contribution in [3.8, 4) is 0 Å². The van der Waals surface area contributed by atoms with E-state index in [1.54, 1.807) is 12.1 Å². The first-order valence-corrected chi connectivity index (χ1v) is 4.31. The molecule has 4 nitrogen and oxygen atoms in total. The summed E-state index contributed by atoms with van der Waals surface area (Å²) in [4.78, 5) is 25.9. The molecule has 0 aromatic carbocycles. The van der Waals surface area contributed by atoms with E-state index >= 15 is 0 Å². The zero-order valence-corrected chi connectivity index (χ0v) is 8.20. The number of aryl methyl sites for hydroxylation is 1. The number of amides is 1. The van der Waals surface area contributed by atoms with Gasteiger partial charge in [0.2, 0.25) is 5.91 Å². The minimum Gasteiger partial charge on any atom is -0.310 e. The number of hydrogen-bond acceptors (Lipinski definition) is 3. The second-order valence-corrected chi connectivity index (χ2v) is 3.09. The van der Waals surface area contributed by atoms with E-state index in [2.05, 4.69) is 10.3 Å². The fraction of sp³-hybridized carbons (Fsp3) is 0.300. The van der Waals surface area contributed by atoms with Crippen LogP contribution in [0.3, 0.4) is 0 Å². The summed E-state index contributed by atoms with van der Waals surface area (Å²) in [6.45, 7) is 3.21. The molecule has 1 aromatic rings. The number of aromatic nitrogens is 1. The third-order valence-electron chi connectivity index (χ3n) is 1.57. The lowest BCUT2D eigenvalue weighted by atomic mass is 10.3. The van der Waals surface area contributed by atoms with Crippen molar-refractivity contribution in [2.75, 3.05) is 5.32 Å². The van der Waals surface area contributed by atoms with Crippen molar-refractivity contribution in [3.63, 3.8) is 0 Å². The molecule has 1 aromatic heterocycles. The molecule has 4 heteroatoms. The smallest absolute Gasteiger partial charge is 0.232 e. The number of pyridine rings is 1. The monoisotopic (exact) mass is 192 g/mol. The lowest BCUT2D eigenvalue weighted by molar-refractivity contribution is -0.124. The van der Waals surface area contributed by atoms with E-state index in [0.717, 1.165) is 5.69 Å². The molecule has 0 aliphatic carbocycles. The molecule has 0 aliphatic heterocycles. The number of Topliss-reactive ketones (excluding diaryl/α,β-unsaturated/α-hetero) is 1. The van der Waals surface area contributed by atoms with Gasteiger partial charge in [0.15, 0.2) is 0 Å². The number of ketones is 1. The molecule has 0 saturated carbocycles. The molecule has 14 heavy (non-hydrogen) atoms. The summed E-state index contributed by atoms with van der Waals surface area (Å²) in [7, 11) is 0. The van der Waals surface area contributed by atoms with Gasteiger partial charge in [-0.05, 0) is 26.0 Å². The Morgan fingerprint density at radius 1 is 1.43 bits per heavy atom. The summed E-state index contributed by atoms with van der Waals surface area (Å²) in [6.07, 6.45) is -0.102. The lowest BCUT2D eigenvalue weighted by Gasteiger charge is -2.02. The maximum atomic E-state index is 11.2. The average Bonchev–Trinajstić information content (AvgIpc) is 2.01. The predicted octanol–water partition coefficient (Wildman–Crippen LogP) is 1.31. The third-order valence-corrected chi connectivity index (χ3v) is 1.57. The van der Waals surface area contributed by atoms with E-state index in [1.807, 2.05) is 13.0 Å². The number of nitrogens with zero attached hydrogens (tertiary/aromatic N) is 1. The van der Waals surface area contributed by atoms with Gasteiger partial charge in [-0.2, -0.15) is 0 Å². The molecule has 0 unspecified atom stereocenters. The second-order valence-electron chi connectivity index (χ2n) is 3.09. The molecule has 1 rings (SSSR count). The first kappa shape index (κ1) is 10.4. The van der Waals surface area contributed by atoms with Crippen LogP contribution in [0.15, 0.2) is 18.2 Å². The van der Waals surface area contributed by atoms with E-state index in [4.69, 9.17) is 0 Å². The summed E-state index contributed by atoms with van der Waals surface area (Å²) >= 11 is 0.